The molecular formula is C40H25N. The SMILES string of the molecule is c1ccc(N(c2ccc3ccccc3c2)c2c3ccccc3c3c4c(cccc24)-c2cc4ccccc4cc2-3)cc1. The minimum Gasteiger partial charge on any atom is -0.309 e. The minimum absolute atomic E-state index is 1.15. The summed E-state index contributed by atoms with van der Waals surface area (Å²) >= 11 is 0. The van der Waals surface area contributed by atoms with Gasteiger partial charge in [-0.15, -0.1) is 0 Å². The zero-order valence-corrected chi connectivity index (χ0v) is 22.4. The number of nitrogens with zero attached hydrogens (tertiary/aromatic N) is 1. The van der Waals surface area contributed by atoms with Crippen LogP contribution in [0.3, 0.4) is 0 Å². The van der Waals surface area contributed by atoms with E-state index in [1.165, 1.54) is 71.0 Å². The van der Waals surface area contributed by atoms with Crippen molar-refractivity contribution >= 4 is 60.2 Å². The van der Waals surface area contributed by atoms with E-state index in [4.69, 9.17) is 0 Å². The van der Waals surface area contributed by atoms with Gasteiger partial charge < -0.3 is 4.90 Å². The number of hydrogen-bond donors (Lipinski definition) is 0. The summed E-state index contributed by atoms with van der Waals surface area (Å²) in [5, 5.41) is 10.2. The molecule has 0 fully saturated rings. The first-order valence-corrected chi connectivity index (χ1v) is 14.2. The van der Waals surface area contributed by atoms with Crippen LogP contribution < -0.4 is 4.90 Å². The molecule has 0 heterocycles. The van der Waals surface area contributed by atoms with E-state index in [2.05, 4.69) is 157 Å². The van der Waals surface area contributed by atoms with Crippen molar-refractivity contribution in [3.8, 4) is 22.3 Å². The molecule has 0 bridgehead atoms. The summed E-state index contributed by atoms with van der Waals surface area (Å²) in [5.74, 6) is 0. The molecule has 8 aromatic carbocycles. The van der Waals surface area contributed by atoms with Crippen molar-refractivity contribution < 1.29 is 0 Å². The van der Waals surface area contributed by atoms with Gasteiger partial charge in [-0.05, 0) is 85.6 Å². The van der Waals surface area contributed by atoms with E-state index in [9.17, 15) is 0 Å². The third-order valence-electron chi connectivity index (χ3n) is 8.70. The molecule has 0 spiro atoms. The maximum atomic E-state index is 2.46. The van der Waals surface area contributed by atoms with Crippen molar-refractivity contribution in [2.24, 2.45) is 0 Å². The van der Waals surface area contributed by atoms with E-state index in [-0.39, 0.29) is 0 Å². The lowest BCUT2D eigenvalue weighted by Gasteiger charge is -2.29. The van der Waals surface area contributed by atoms with E-state index in [1.54, 1.807) is 0 Å². The Balaban J connectivity index is 1.43. The van der Waals surface area contributed by atoms with Crippen LogP contribution in [0.5, 0.6) is 0 Å². The van der Waals surface area contributed by atoms with E-state index in [1.807, 2.05) is 0 Å². The van der Waals surface area contributed by atoms with E-state index < -0.39 is 0 Å². The number of para-hydroxylation sites is 1. The molecule has 1 heteroatoms. The molecule has 0 N–H and O–H groups in total. The van der Waals surface area contributed by atoms with E-state index >= 15 is 0 Å². The van der Waals surface area contributed by atoms with Gasteiger partial charge in [0.1, 0.15) is 0 Å². The molecule has 41 heavy (non-hydrogen) atoms. The second-order valence-corrected chi connectivity index (χ2v) is 10.9. The van der Waals surface area contributed by atoms with E-state index in [0.717, 1.165) is 11.4 Å². The van der Waals surface area contributed by atoms with Crippen molar-refractivity contribution in [3.05, 3.63) is 152 Å². The second-order valence-electron chi connectivity index (χ2n) is 10.9. The molecule has 1 aliphatic rings. The lowest BCUT2D eigenvalue weighted by molar-refractivity contribution is 1.32. The van der Waals surface area contributed by atoms with Gasteiger partial charge in [0.2, 0.25) is 0 Å². The monoisotopic (exact) mass is 519 g/mol. The summed E-state index contributed by atoms with van der Waals surface area (Å²) in [4.78, 5) is 2.46. The average molecular weight is 520 g/mol. The molecule has 0 atom stereocenters. The molecule has 0 aromatic heterocycles. The van der Waals surface area contributed by atoms with Crippen LogP contribution in [0.2, 0.25) is 0 Å². The van der Waals surface area contributed by atoms with Gasteiger partial charge in [0, 0.05) is 27.5 Å². The van der Waals surface area contributed by atoms with Gasteiger partial charge in [-0.3, -0.25) is 0 Å². The van der Waals surface area contributed by atoms with Crippen molar-refractivity contribution in [3.63, 3.8) is 0 Å². The lowest BCUT2D eigenvalue weighted by atomic mass is 9.92. The maximum absolute atomic E-state index is 2.46. The number of fused-ring (bicyclic) bond motifs is 7. The van der Waals surface area contributed by atoms with Gasteiger partial charge >= 0.3 is 0 Å². The molecule has 0 unspecified atom stereocenters. The molecule has 190 valence electrons. The Morgan fingerprint density at radius 1 is 0.341 bits per heavy atom. The van der Waals surface area contributed by atoms with Crippen molar-refractivity contribution in [1.82, 2.24) is 0 Å². The largest absolute Gasteiger partial charge is 0.309 e. The van der Waals surface area contributed by atoms with Gasteiger partial charge in [-0.25, -0.2) is 0 Å². The third-order valence-corrected chi connectivity index (χ3v) is 8.70. The highest BCUT2D eigenvalue weighted by atomic mass is 15.1. The Hall–Kier alpha value is -5.40. The van der Waals surface area contributed by atoms with Crippen LogP contribution in [0.4, 0.5) is 17.1 Å². The third kappa shape index (κ3) is 3.24. The number of rotatable bonds is 3. The van der Waals surface area contributed by atoms with Gasteiger partial charge in [0.05, 0.1) is 5.69 Å². The van der Waals surface area contributed by atoms with E-state index in [0.29, 0.717) is 0 Å². The summed E-state index contributed by atoms with van der Waals surface area (Å²) in [6.07, 6.45) is 0. The van der Waals surface area contributed by atoms with Crippen LogP contribution in [0.1, 0.15) is 0 Å². The zero-order chi connectivity index (χ0) is 26.9. The molecular weight excluding hydrogens is 494 g/mol. The Morgan fingerprint density at radius 3 is 1.73 bits per heavy atom. The molecule has 1 aliphatic carbocycles. The number of benzene rings is 8. The topological polar surface area (TPSA) is 3.24 Å². The smallest absolute Gasteiger partial charge is 0.0619 e. The zero-order valence-electron chi connectivity index (χ0n) is 22.4. The van der Waals surface area contributed by atoms with Crippen LogP contribution in [0.25, 0.3) is 65.3 Å². The quantitative estimate of drug-likeness (QED) is 0.210. The van der Waals surface area contributed by atoms with Gasteiger partial charge in [-0.2, -0.15) is 0 Å². The fraction of sp³-hybridized carbons (Fsp3) is 0. The predicted octanol–water partition coefficient (Wildman–Crippen LogP) is 11.4. The molecule has 0 amide bonds. The fourth-order valence-corrected chi connectivity index (χ4v) is 6.92. The average Bonchev–Trinajstić information content (AvgIpc) is 3.36. The first-order valence-electron chi connectivity index (χ1n) is 14.2. The highest BCUT2D eigenvalue weighted by Crippen LogP contribution is 2.56. The van der Waals surface area contributed by atoms with Gasteiger partial charge in [0.15, 0.2) is 0 Å². The van der Waals surface area contributed by atoms with Crippen molar-refractivity contribution in [2.75, 3.05) is 4.90 Å². The highest BCUT2D eigenvalue weighted by Gasteiger charge is 2.28. The van der Waals surface area contributed by atoms with Gasteiger partial charge in [-0.1, -0.05) is 115 Å². The Morgan fingerprint density at radius 2 is 0.951 bits per heavy atom. The van der Waals surface area contributed by atoms with Crippen LogP contribution in [0.15, 0.2) is 152 Å². The van der Waals surface area contributed by atoms with Crippen molar-refractivity contribution in [2.45, 2.75) is 0 Å². The summed E-state index contributed by atoms with van der Waals surface area (Å²) < 4.78 is 0. The highest BCUT2D eigenvalue weighted by molar-refractivity contribution is 6.30. The van der Waals surface area contributed by atoms with Crippen LogP contribution in [-0.4, -0.2) is 0 Å². The maximum Gasteiger partial charge on any atom is 0.0619 e. The minimum atomic E-state index is 1.15. The normalized spacial score (nSPS) is 11.9. The summed E-state index contributed by atoms with van der Waals surface area (Å²) in [6.45, 7) is 0. The Kier molecular flexibility index (Phi) is 4.67. The number of anilines is 3. The molecule has 0 saturated carbocycles. The molecule has 0 aliphatic heterocycles. The Labute approximate surface area is 238 Å². The van der Waals surface area contributed by atoms with Crippen LogP contribution in [-0.2, 0) is 0 Å². The molecule has 9 rings (SSSR count). The standard InChI is InChI=1S/C40H25N/c1-2-15-30(16-3-1)41(31-22-21-26-11-4-5-12-27(26)23-31)40-34-18-9-8-17-32(34)39-37-25-29-14-7-6-13-28(29)24-36(37)33-19-10-20-35(40)38(33)39/h1-25H. The summed E-state index contributed by atoms with van der Waals surface area (Å²) in [6, 6.07) is 55.5. The number of hydrogen-bond acceptors (Lipinski definition) is 1. The fourth-order valence-electron chi connectivity index (χ4n) is 6.92. The first kappa shape index (κ1) is 22.4. The Bertz CT molecular complexity index is 2310. The van der Waals surface area contributed by atoms with Crippen LogP contribution in [0, 0.1) is 0 Å². The molecule has 1 nitrogen and oxygen atoms in total. The molecule has 0 radical (unpaired) electrons. The summed E-state index contributed by atoms with van der Waals surface area (Å²) in [7, 11) is 0. The molecule has 8 aromatic rings. The predicted molar refractivity (Wildman–Crippen MR) is 176 cm³/mol. The first-order chi connectivity index (χ1) is 20.3. The van der Waals surface area contributed by atoms with Crippen molar-refractivity contribution in [1.29, 1.82) is 0 Å². The van der Waals surface area contributed by atoms with Crippen LogP contribution >= 0.6 is 0 Å². The summed E-state index contributed by atoms with van der Waals surface area (Å²) in [5.41, 5.74) is 8.84. The molecule has 0 saturated heterocycles. The van der Waals surface area contributed by atoms with Gasteiger partial charge in [0.25, 0.3) is 0 Å². The second kappa shape index (κ2) is 8.55. The lowest BCUT2D eigenvalue weighted by Crippen LogP contribution is -2.11.